The van der Waals surface area contributed by atoms with Crippen molar-refractivity contribution in [3.63, 3.8) is 0 Å². The van der Waals surface area contributed by atoms with Crippen LogP contribution in [-0.2, 0) is 0 Å². The molecule has 1 fully saturated rings. The zero-order chi connectivity index (χ0) is 13.2. The van der Waals surface area contributed by atoms with E-state index in [0.29, 0.717) is 18.9 Å². The Morgan fingerprint density at radius 1 is 1.16 bits per heavy atom. The molecule has 0 radical (unpaired) electrons. The normalized spacial score (nSPS) is 22.7. The van der Waals surface area contributed by atoms with E-state index < -0.39 is 6.17 Å². The Bertz CT molecular complexity index is 541. The molecule has 2 unspecified atom stereocenters. The number of hydrogen-bond acceptors (Lipinski definition) is 3. The lowest BCUT2D eigenvalue weighted by atomic mass is 10.0. The van der Waals surface area contributed by atoms with E-state index in [9.17, 15) is 4.39 Å². The number of aromatic nitrogens is 2. The fraction of sp³-hybridized carbons (Fsp3) is 0.333. The predicted octanol–water partition coefficient (Wildman–Crippen LogP) is 3.07. The number of benzene rings is 1. The topological polar surface area (TPSA) is 29.0 Å². The first-order valence-corrected chi connectivity index (χ1v) is 6.48. The molecule has 1 saturated heterocycles. The van der Waals surface area contributed by atoms with Gasteiger partial charge in [0, 0.05) is 18.8 Å². The van der Waals surface area contributed by atoms with Crippen LogP contribution in [0, 0.1) is 6.92 Å². The van der Waals surface area contributed by atoms with Crippen molar-refractivity contribution < 1.29 is 4.39 Å². The molecule has 0 spiro atoms. The predicted molar refractivity (Wildman–Crippen MR) is 72.8 cm³/mol. The van der Waals surface area contributed by atoms with Gasteiger partial charge < -0.3 is 4.90 Å². The zero-order valence-electron chi connectivity index (χ0n) is 10.8. The summed E-state index contributed by atoms with van der Waals surface area (Å²) in [7, 11) is 0. The summed E-state index contributed by atoms with van der Waals surface area (Å²) >= 11 is 0. The van der Waals surface area contributed by atoms with E-state index in [1.165, 1.54) is 0 Å². The average molecular weight is 257 g/mol. The summed E-state index contributed by atoms with van der Waals surface area (Å²) in [5, 5.41) is 0. The summed E-state index contributed by atoms with van der Waals surface area (Å²) in [6.45, 7) is 2.31. The van der Waals surface area contributed by atoms with E-state index in [-0.39, 0.29) is 6.04 Å². The maximum atomic E-state index is 13.8. The zero-order valence-corrected chi connectivity index (χ0v) is 10.8. The molecule has 0 aliphatic carbocycles. The molecule has 19 heavy (non-hydrogen) atoms. The number of halogens is 1. The minimum atomic E-state index is -0.824. The molecule has 1 aliphatic heterocycles. The van der Waals surface area contributed by atoms with Gasteiger partial charge in [0.2, 0.25) is 5.95 Å². The summed E-state index contributed by atoms with van der Waals surface area (Å²) in [6.07, 6.45) is 3.22. The summed E-state index contributed by atoms with van der Waals surface area (Å²) in [4.78, 5) is 10.6. The summed E-state index contributed by atoms with van der Waals surface area (Å²) in [5.41, 5.74) is 2.13. The van der Waals surface area contributed by atoms with Crippen LogP contribution in [0.2, 0.25) is 0 Å². The Labute approximate surface area is 112 Å². The minimum absolute atomic E-state index is 0.0268. The molecule has 0 saturated carbocycles. The standard InChI is InChI=1S/C15H16FN3/c1-11-8-17-15(18-9-11)19-10-13(16)7-14(19)12-5-3-2-4-6-12/h2-6,8-9,13-14H,7,10H2,1H3. The van der Waals surface area contributed by atoms with Gasteiger partial charge >= 0.3 is 0 Å². The number of rotatable bonds is 2. The van der Waals surface area contributed by atoms with Gasteiger partial charge in [0.05, 0.1) is 12.6 Å². The maximum absolute atomic E-state index is 13.8. The number of hydrogen-bond donors (Lipinski definition) is 0. The average Bonchev–Trinajstić information content (AvgIpc) is 2.83. The van der Waals surface area contributed by atoms with E-state index in [1.54, 1.807) is 12.4 Å². The van der Waals surface area contributed by atoms with Gasteiger partial charge in [-0.1, -0.05) is 30.3 Å². The third kappa shape index (κ3) is 2.43. The second-order valence-electron chi connectivity index (χ2n) is 4.97. The molecule has 2 atom stereocenters. The molecule has 4 heteroatoms. The highest BCUT2D eigenvalue weighted by molar-refractivity contribution is 5.39. The second-order valence-corrected chi connectivity index (χ2v) is 4.97. The fourth-order valence-electron chi connectivity index (χ4n) is 2.53. The van der Waals surface area contributed by atoms with Crippen molar-refractivity contribution in [2.24, 2.45) is 0 Å². The smallest absolute Gasteiger partial charge is 0.225 e. The summed E-state index contributed by atoms with van der Waals surface area (Å²) < 4.78 is 13.8. The quantitative estimate of drug-likeness (QED) is 0.828. The van der Waals surface area contributed by atoms with Crippen molar-refractivity contribution in [3.8, 4) is 0 Å². The van der Waals surface area contributed by atoms with Crippen LogP contribution in [0.3, 0.4) is 0 Å². The van der Waals surface area contributed by atoms with Gasteiger partial charge in [-0.3, -0.25) is 0 Å². The summed E-state index contributed by atoms with van der Waals surface area (Å²) in [6, 6.07) is 10.0. The highest BCUT2D eigenvalue weighted by atomic mass is 19.1. The molecule has 3 rings (SSSR count). The minimum Gasteiger partial charge on any atom is -0.331 e. The second kappa shape index (κ2) is 4.96. The SMILES string of the molecule is Cc1cnc(N2CC(F)CC2c2ccccc2)nc1. The van der Waals surface area contributed by atoms with Crippen molar-refractivity contribution in [3.05, 3.63) is 53.9 Å². The van der Waals surface area contributed by atoms with Crippen LogP contribution in [-0.4, -0.2) is 22.7 Å². The number of anilines is 1. The van der Waals surface area contributed by atoms with Crippen molar-refractivity contribution >= 4 is 5.95 Å². The Morgan fingerprint density at radius 2 is 1.84 bits per heavy atom. The van der Waals surface area contributed by atoms with Crippen LogP contribution in [0.15, 0.2) is 42.7 Å². The van der Waals surface area contributed by atoms with Gasteiger partial charge in [-0.25, -0.2) is 14.4 Å². The Hall–Kier alpha value is -1.97. The number of nitrogens with zero attached hydrogens (tertiary/aromatic N) is 3. The van der Waals surface area contributed by atoms with E-state index in [0.717, 1.165) is 11.1 Å². The van der Waals surface area contributed by atoms with Gasteiger partial charge in [0.1, 0.15) is 6.17 Å². The Morgan fingerprint density at radius 3 is 2.53 bits per heavy atom. The van der Waals surface area contributed by atoms with Crippen LogP contribution in [0.5, 0.6) is 0 Å². The largest absolute Gasteiger partial charge is 0.331 e. The molecule has 0 bridgehead atoms. The van der Waals surface area contributed by atoms with Gasteiger partial charge in [-0.15, -0.1) is 0 Å². The molecule has 1 aromatic heterocycles. The fourth-order valence-corrected chi connectivity index (χ4v) is 2.53. The lowest BCUT2D eigenvalue weighted by Gasteiger charge is -2.24. The van der Waals surface area contributed by atoms with E-state index in [2.05, 4.69) is 9.97 Å². The maximum Gasteiger partial charge on any atom is 0.225 e. The Balaban J connectivity index is 1.92. The Kier molecular flexibility index (Phi) is 3.15. The molecule has 0 N–H and O–H groups in total. The molecule has 1 aliphatic rings. The molecular weight excluding hydrogens is 241 g/mol. The van der Waals surface area contributed by atoms with Gasteiger partial charge in [0.25, 0.3) is 0 Å². The first kappa shape index (κ1) is 12.1. The number of aryl methyl sites for hydroxylation is 1. The van der Waals surface area contributed by atoms with Crippen LogP contribution < -0.4 is 4.90 Å². The van der Waals surface area contributed by atoms with Crippen molar-refractivity contribution in [2.75, 3.05) is 11.4 Å². The highest BCUT2D eigenvalue weighted by Crippen LogP contribution is 2.35. The monoisotopic (exact) mass is 257 g/mol. The molecule has 2 heterocycles. The molecular formula is C15H16FN3. The first-order chi connectivity index (χ1) is 9.24. The highest BCUT2D eigenvalue weighted by Gasteiger charge is 2.34. The van der Waals surface area contributed by atoms with Crippen molar-refractivity contribution in [2.45, 2.75) is 25.6 Å². The van der Waals surface area contributed by atoms with Gasteiger partial charge in [-0.2, -0.15) is 0 Å². The van der Waals surface area contributed by atoms with Crippen LogP contribution in [0.25, 0.3) is 0 Å². The third-order valence-corrected chi connectivity index (χ3v) is 3.46. The van der Waals surface area contributed by atoms with E-state index in [4.69, 9.17) is 0 Å². The van der Waals surface area contributed by atoms with E-state index in [1.807, 2.05) is 42.2 Å². The molecule has 0 amide bonds. The van der Waals surface area contributed by atoms with Crippen molar-refractivity contribution in [1.29, 1.82) is 0 Å². The van der Waals surface area contributed by atoms with Gasteiger partial charge in [0.15, 0.2) is 0 Å². The third-order valence-electron chi connectivity index (χ3n) is 3.46. The van der Waals surface area contributed by atoms with Crippen LogP contribution >= 0.6 is 0 Å². The van der Waals surface area contributed by atoms with Crippen LogP contribution in [0.4, 0.5) is 10.3 Å². The number of alkyl halides is 1. The molecule has 1 aromatic carbocycles. The van der Waals surface area contributed by atoms with Gasteiger partial charge in [-0.05, 0) is 18.1 Å². The summed E-state index contributed by atoms with van der Waals surface area (Å²) in [5.74, 6) is 0.611. The lowest BCUT2D eigenvalue weighted by Crippen LogP contribution is -2.25. The van der Waals surface area contributed by atoms with Crippen LogP contribution in [0.1, 0.15) is 23.6 Å². The molecule has 2 aromatic rings. The van der Waals surface area contributed by atoms with Crippen molar-refractivity contribution in [1.82, 2.24) is 9.97 Å². The lowest BCUT2D eigenvalue weighted by molar-refractivity contribution is 0.357. The molecule has 3 nitrogen and oxygen atoms in total. The molecule has 98 valence electrons. The van der Waals surface area contributed by atoms with E-state index >= 15 is 0 Å². The first-order valence-electron chi connectivity index (χ1n) is 6.48.